The molecule has 1 atom stereocenters. The van der Waals surface area contributed by atoms with E-state index >= 15 is 0 Å². The summed E-state index contributed by atoms with van der Waals surface area (Å²) >= 11 is 0. The first-order valence-corrected chi connectivity index (χ1v) is 5.37. The molecule has 2 nitrogen and oxygen atoms in total. The third-order valence-electron chi connectivity index (χ3n) is 2.92. The van der Waals surface area contributed by atoms with Gasteiger partial charge in [0.15, 0.2) is 0 Å². The maximum atomic E-state index is 9.13. The highest BCUT2D eigenvalue weighted by molar-refractivity contribution is 5.33. The Hall–Kier alpha value is -1.49. The van der Waals surface area contributed by atoms with Crippen molar-refractivity contribution in [2.75, 3.05) is 7.11 Å². The molecule has 2 heteroatoms. The Balaban J connectivity index is 2.14. The van der Waals surface area contributed by atoms with Crippen molar-refractivity contribution < 1.29 is 4.74 Å². The fourth-order valence-corrected chi connectivity index (χ4v) is 1.81. The maximum absolute atomic E-state index is 9.13. The van der Waals surface area contributed by atoms with Gasteiger partial charge in [-0.2, -0.15) is 5.26 Å². The Morgan fingerprint density at radius 1 is 1.53 bits per heavy atom. The van der Waals surface area contributed by atoms with E-state index in [-0.39, 0.29) is 5.92 Å². The van der Waals surface area contributed by atoms with Crippen LogP contribution in [0.15, 0.2) is 24.3 Å². The van der Waals surface area contributed by atoms with Crippen LogP contribution in [-0.2, 0) is 0 Å². The van der Waals surface area contributed by atoms with E-state index in [1.807, 2.05) is 24.3 Å². The highest BCUT2D eigenvalue weighted by Gasteiger charge is 2.26. The van der Waals surface area contributed by atoms with Crippen LogP contribution in [0.2, 0.25) is 0 Å². The highest BCUT2D eigenvalue weighted by Crippen LogP contribution is 2.38. The molecule has 0 aromatic heterocycles. The van der Waals surface area contributed by atoms with E-state index in [1.165, 1.54) is 12.8 Å². The summed E-state index contributed by atoms with van der Waals surface area (Å²) < 4.78 is 5.16. The van der Waals surface area contributed by atoms with Gasteiger partial charge < -0.3 is 4.74 Å². The number of hydrogen-bond donors (Lipinski definition) is 0. The van der Waals surface area contributed by atoms with Crippen LogP contribution >= 0.6 is 0 Å². The van der Waals surface area contributed by atoms with E-state index in [2.05, 4.69) is 6.07 Å². The largest absolute Gasteiger partial charge is 0.497 e. The average molecular weight is 201 g/mol. The molecular weight excluding hydrogens is 186 g/mol. The van der Waals surface area contributed by atoms with Gasteiger partial charge in [-0.15, -0.1) is 0 Å². The second-order valence-electron chi connectivity index (χ2n) is 4.14. The molecule has 78 valence electrons. The highest BCUT2D eigenvalue weighted by atomic mass is 16.5. The third-order valence-corrected chi connectivity index (χ3v) is 2.92. The second-order valence-corrected chi connectivity index (χ2v) is 4.14. The molecule has 1 aliphatic rings. The lowest BCUT2D eigenvalue weighted by atomic mass is 9.95. The van der Waals surface area contributed by atoms with Gasteiger partial charge in [0.1, 0.15) is 5.75 Å². The fraction of sp³-hybridized carbons (Fsp3) is 0.462. The van der Waals surface area contributed by atoms with Crippen molar-refractivity contribution in [3.8, 4) is 11.8 Å². The number of methoxy groups -OCH3 is 1. The van der Waals surface area contributed by atoms with Crippen molar-refractivity contribution in [3.63, 3.8) is 0 Å². The van der Waals surface area contributed by atoms with E-state index in [0.717, 1.165) is 23.7 Å². The SMILES string of the molecule is COc1cccc(C(C#N)CC2CC2)c1. The molecule has 1 fully saturated rings. The second kappa shape index (κ2) is 4.35. The van der Waals surface area contributed by atoms with E-state index in [9.17, 15) is 0 Å². The smallest absolute Gasteiger partial charge is 0.119 e. The number of hydrogen-bond acceptors (Lipinski definition) is 2. The predicted molar refractivity (Wildman–Crippen MR) is 58.7 cm³/mol. The van der Waals surface area contributed by atoms with Crippen LogP contribution in [0.4, 0.5) is 0 Å². The molecule has 0 bridgehead atoms. The Bertz CT molecular complexity index is 376. The minimum absolute atomic E-state index is 0.0348. The van der Waals surface area contributed by atoms with Gasteiger partial charge >= 0.3 is 0 Å². The lowest BCUT2D eigenvalue weighted by Crippen LogP contribution is -1.97. The van der Waals surface area contributed by atoms with E-state index in [4.69, 9.17) is 10.00 Å². The summed E-state index contributed by atoms with van der Waals surface area (Å²) in [6.45, 7) is 0. The normalized spacial score (nSPS) is 16.8. The van der Waals surface area contributed by atoms with Gasteiger partial charge in [0.2, 0.25) is 0 Å². The zero-order valence-corrected chi connectivity index (χ0v) is 8.94. The molecule has 1 aromatic carbocycles. The number of rotatable bonds is 4. The van der Waals surface area contributed by atoms with Crippen molar-refractivity contribution in [3.05, 3.63) is 29.8 Å². The van der Waals surface area contributed by atoms with Crippen molar-refractivity contribution in [2.45, 2.75) is 25.2 Å². The van der Waals surface area contributed by atoms with Crippen LogP contribution < -0.4 is 4.74 Å². The van der Waals surface area contributed by atoms with Crippen LogP contribution in [-0.4, -0.2) is 7.11 Å². The fourth-order valence-electron chi connectivity index (χ4n) is 1.81. The van der Waals surface area contributed by atoms with Crippen LogP contribution in [0.1, 0.15) is 30.7 Å². The molecule has 1 aliphatic carbocycles. The van der Waals surface area contributed by atoms with Gasteiger partial charge in [-0.1, -0.05) is 25.0 Å². The standard InChI is InChI=1S/C13H15NO/c1-15-13-4-2-3-11(8-13)12(9-14)7-10-5-6-10/h2-4,8,10,12H,5-7H2,1H3. The molecule has 0 aliphatic heterocycles. The van der Waals surface area contributed by atoms with Gasteiger partial charge in [0, 0.05) is 0 Å². The topological polar surface area (TPSA) is 33.0 Å². The third kappa shape index (κ3) is 2.50. The lowest BCUT2D eigenvalue weighted by Gasteiger charge is -2.09. The van der Waals surface area contributed by atoms with Gasteiger partial charge in [-0.05, 0) is 30.0 Å². The first-order valence-electron chi connectivity index (χ1n) is 5.37. The van der Waals surface area contributed by atoms with Crippen LogP contribution in [0, 0.1) is 17.2 Å². The molecule has 1 saturated carbocycles. The minimum atomic E-state index is 0.0348. The molecule has 1 unspecified atom stereocenters. The number of benzene rings is 1. The first-order chi connectivity index (χ1) is 7.33. The summed E-state index contributed by atoms with van der Waals surface area (Å²) in [4.78, 5) is 0. The number of ether oxygens (including phenoxy) is 1. The van der Waals surface area contributed by atoms with Gasteiger partial charge in [-0.3, -0.25) is 0 Å². The molecule has 0 heterocycles. The lowest BCUT2D eigenvalue weighted by molar-refractivity contribution is 0.414. The molecule has 0 saturated heterocycles. The van der Waals surface area contributed by atoms with Gasteiger partial charge in [0.05, 0.1) is 19.1 Å². The van der Waals surface area contributed by atoms with Gasteiger partial charge in [0.25, 0.3) is 0 Å². The van der Waals surface area contributed by atoms with Crippen LogP contribution in [0.3, 0.4) is 0 Å². The summed E-state index contributed by atoms with van der Waals surface area (Å²) in [5, 5.41) is 9.13. The quantitative estimate of drug-likeness (QED) is 0.749. The van der Waals surface area contributed by atoms with Gasteiger partial charge in [-0.25, -0.2) is 0 Å². The number of nitriles is 1. The maximum Gasteiger partial charge on any atom is 0.119 e. The average Bonchev–Trinajstić information content (AvgIpc) is 3.10. The molecule has 0 spiro atoms. The Kier molecular flexibility index (Phi) is 2.91. The zero-order valence-electron chi connectivity index (χ0n) is 8.94. The summed E-state index contributed by atoms with van der Waals surface area (Å²) in [5.74, 6) is 1.65. The molecular formula is C13H15NO. The Labute approximate surface area is 90.5 Å². The molecule has 15 heavy (non-hydrogen) atoms. The molecule has 1 aromatic rings. The van der Waals surface area contributed by atoms with Crippen molar-refractivity contribution >= 4 is 0 Å². The van der Waals surface area contributed by atoms with Crippen molar-refractivity contribution in [1.29, 1.82) is 5.26 Å². The summed E-state index contributed by atoms with van der Waals surface area (Å²) in [6.07, 6.45) is 3.59. The Morgan fingerprint density at radius 3 is 2.93 bits per heavy atom. The van der Waals surface area contributed by atoms with E-state index < -0.39 is 0 Å². The first kappa shape index (κ1) is 10.0. The van der Waals surface area contributed by atoms with Crippen molar-refractivity contribution in [2.24, 2.45) is 5.92 Å². The van der Waals surface area contributed by atoms with Crippen LogP contribution in [0.25, 0.3) is 0 Å². The predicted octanol–water partition coefficient (Wildman–Crippen LogP) is 3.10. The molecule has 0 radical (unpaired) electrons. The monoisotopic (exact) mass is 201 g/mol. The van der Waals surface area contributed by atoms with E-state index in [0.29, 0.717) is 0 Å². The molecule has 2 rings (SSSR count). The molecule has 0 amide bonds. The summed E-state index contributed by atoms with van der Waals surface area (Å²) in [5.41, 5.74) is 1.09. The number of nitrogens with zero attached hydrogens (tertiary/aromatic N) is 1. The zero-order chi connectivity index (χ0) is 10.7. The summed E-state index contributed by atoms with van der Waals surface area (Å²) in [6, 6.07) is 10.2. The summed E-state index contributed by atoms with van der Waals surface area (Å²) in [7, 11) is 1.65. The van der Waals surface area contributed by atoms with E-state index in [1.54, 1.807) is 7.11 Å². The minimum Gasteiger partial charge on any atom is -0.497 e. The van der Waals surface area contributed by atoms with Crippen LogP contribution in [0.5, 0.6) is 5.75 Å². The molecule has 0 N–H and O–H groups in total. The Morgan fingerprint density at radius 2 is 2.33 bits per heavy atom. The van der Waals surface area contributed by atoms with Crippen molar-refractivity contribution in [1.82, 2.24) is 0 Å².